The van der Waals surface area contributed by atoms with Crippen LogP contribution in [-0.4, -0.2) is 18.0 Å². The van der Waals surface area contributed by atoms with E-state index in [0.29, 0.717) is 12.4 Å². The minimum atomic E-state index is -0.364. The highest BCUT2D eigenvalue weighted by Gasteiger charge is 2.20. The SMILES string of the molecule is COc1cc(CNC(=O)C(C)(C)C)ccn1. The van der Waals surface area contributed by atoms with Gasteiger partial charge >= 0.3 is 0 Å². The molecule has 0 aromatic carbocycles. The van der Waals surface area contributed by atoms with Gasteiger partial charge in [0.05, 0.1) is 7.11 Å². The predicted molar refractivity (Wildman–Crippen MR) is 62.1 cm³/mol. The number of hydrogen-bond acceptors (Lipinski definition) is 3. The molecule has 0 saturated heterocycles. The van der Waals surface area contributed by atoms with Gasteiger partial charge in [-0.25, -0.2) is 4.98 Å². The molecule has 1 rings (SSSR count). The fourth-order valence-corrected chi connectivity index (χ4v) is 1.12. The van der Waals surface area contributed by atoms with Gasteiger partial charge in [0.1, 0.15) is 0 Å². The highest BCUT2D eigenvalue weighted by atomic mass is 16.5. The van der Waals surface area contributed by atoms with Crippen molar-refractivity contribution in [2.75, 3.05) is 7.11 Å². The Morgan fingerprint density at radius 3 is 2.75 bits per heavy atom. The molecule has 4 nitrogen and oxygen atoms in total. The molecule has 16 heavy (non-hydrogen) atoms. The Kier molecular flexibility index (Phi) is 3.88. The molecule has 1 N–H and O–H groups in total. The first-order chi connectivity index (χ1) is 7.43. The Bertz CT molecular complexity index is 370. The molecule has 0 radical (unpaired) electrons. The van der Waals surface area contributed by atoms with Crippen LogP contribution in [-0.2, 0) is 11.3 Å². The predicted octanol–water partition coefficient (Wildman–Crippen LogP) is 1.75. The van der Waals surface area contributed by atoms with Gasteiger partial charge in [-0.1, -0.05) is 20.8 Å². The van der Waals surface area contributed by atoms with Crippen molar-refractivity contribution in [1.82, 2.24) is 10.3 Å². The van der Waals surface area contributed by atoms with Crippen LogP contribution in [0.4, 0.5) is 0 Å². The van der Waals surface area contributed by atoms with Crippen LogP contribution in [0.25, 0.3) is 0 Å². The first kappa shape index (κ1) is 12.5. The number of carbonyl (C=O) groups is 1. The summed E-state index contributed by atoms with van der Waals surface area (Å²) < 4.78 is 5.01. The van der Waals surface area contributed by atoms with Crippen molar-refractivity contribution in [3.63, 3.8) is 0 Å². The monoisotopic (exact) mass is 222 g/mol. The fourth-order valence-electron chi connectivity index (χ4n) is 1.12. The third kappa shape index (κ3) is 3.53. The van der Waals surface area contributed by atoms with Crippen molar-refractivity contribution in [2.24, 2.45) is 5.41 Å². The Hall–Kier alpha value is -1.58. The lowest BCUT2D eigenvalue weighted by Gasteiger charge is -2.17. The van der Waals surface area contributed by atoms with E-state index in [9.17, 15) is 4.79 Å². The van der Waals surface area contributed by atoms with Gasteiger partial charge in [-0.2, -0.15) is 0 Å². The molecular weight excluding hydrogens is 204 g/mol. The summed E-state index contributed by atoms with van der Waals surface area (Å²) in [6.45, 7) is 6.15. The number of ether oxygens (including phenoxy) is 1. The van der Waals surface area contributed by atoms with Gasteiger partial charge < -0.3 is 10.1 Å². The van der Waals surface area contributed by atoms with E-state index in [1.807, 2.05) is 32.9 Å². The van der Waals surface area contributed by atoms with Crippen LogP contribution >= 0.6 is 0 Å². The number of amides is 1. The second-order valence-electron chi connectivity index (χ2n) is 4.64. The molecule has 0 spiro atoms. The second-order valence-corrected chi connectivity index (χ2v) is 4.64. The maximum absolute atomic E-state index is 11.6. The summed E-state index contributed by atoms with van der Waals surface area (Å²) in [5.41, 5.74) is 0.612. The minimum Gasteiger partial charge on any atom is -0.481 e. The maximum Gasteiger partial charge on any atom is 0.225 e. The van der Waals surface area contributed by atoms with E-state index in [1.165, 1.54) is 0 Å². The molecule has 4 heteroatoms. The molecule has 88 valence electrons. The molecule has 1 amide bonds. The summed E-state index contributed by atoms with van der Waals surface area (Å²) in [5, 5.41) is 2.87. The molecule has 1 aromatic heterocycles. The Morgan fingerprint density at radius 1 is 1.50 bits per heavy atom. The molecule has 0 fully saturated rings. The van der Waals surface area contributed by atoms with E-state index in [2.05, 4.69) is 10.3 Å². The van der Waals surface area contributed by atoms with Gasteiger partial charge in [-0.05, 0) is 11.6 Å². The van der Waals surface area contributed by atoms with E-state index in [0.717, 1.165) is 5.56 Å². The van der Waals surface area contributed by atoms with Gasteiger partial charge in [-0.15, -0.1) is 0 Å². The number of rotatable bonds is 3. The van der Waals surface area contributed by atoms with Crippen molar-refractivity contribution in [3.05, 3.63) is 23.9 Å². The molecular formula is C12H18N2O2. The van der Waals surface area contributed by atoms with Crippen LogP contribution in [0.3, 0.4) is 0 Å². The van der Waals surface area contributed by atoms with Crippen molar-refractivity contribution >= 4 is 5.91 Å². The number of pyridine rings is 1. The number of aromatic nitrogens is 1. The van der Waals surface area contributed by atoms with Gasteiger partial charge in [-0.3, -0.25) is 4.79 Å². The van der Waals surface area contributed by atoms with Crippen molar-refractivity contribution in [3.8, 4) is 5.88 Å². The summed E-state index contributed by atoms with van der Waals surface area (Å²) in [6, 6.07) is 3.66. The molecule has 0 bridgehead atoms. The third-order valence-electron chi connectivity index (χ3n) is 2.14. The largest absolute Gasteiger partial charge is 0.481 e. The maximum atomic E-state index is 11.6. The van der Waals surface area contributed by atoms with Crippen molar-refractivity contribution < 1.29 is 9.53 Å². The van der Waals surface area contributed by atoms with Gasteiger partial charge in [0.25, 0.3) is 0 Å². The van der Waals surface area contributed by atoms with Crippen LogP contribution in [0, 0.1) is 5.41 Å². The van der Waals surface area contributed by atoms with E-state index < -0.39 is 0 Å². The topological polar surface area (TPSA) is 51.2 Å². The highest BCUT2D eigenvalue weighted by molar-refractivity contribution is 5.81. The molecule has 0 saturated carbocycles. The van der Waals surface area contributed by atoms with Crippen LogP contribution in [0.2, 0.25) is 0 Å². The molecule has 0 atom stereocenters. The zero-order chi connectivity index (χ0) is 12.2. The molecule has 0 aliphatic rings. The van der Waals surface area contributed by atoms with Crippen molar-refractivity contribution in [2.45, 2.75) is 27.3 Å². The summed E-state index contributed by atoms with van der Waals surface area (Å²) in [7, 11) is 1.57. The Balaban J connectivity index is 2.58. The number of nitrogens with one attached hydrogen (secondary N) is 1. The number of methoxy groups -OCH3 is 1. The molecule has 0 aliphatic heterocycles. The van der Waals surface area contributed by atoms with Crippen LogP contribution in [0.1, 0.15) is 26.3 Å². The lowest BCUT2D eigenvalue weighted by molar-refractivity contribution is -0.128. The quantitative estimate of drug-likeness (QED) is 0.847. The normalized spacial score (nSPS) is 11.0. The fraction of sp³-hybridized carbons (Fsp3) is 0.500. The van der Waals surface area contributed by atoms with Gasteiger partial charge in [0.2, 0.25) is 11.8 Å². The van der Waals surface area contributed by atoms with E-state index in [-0.39, 0.29) is 11.3 Å². The van der Waals surface area contributed by atoms with Crippen LogP contribution in [0.15, 0.2) is 18.3 Å². The lowest BCUT2D eigenvalue weighted by atomic mass is 9.95. The zero-order valence-electron chi connectivity index (χ0n) is 10.2. The standard InChI is InChI=1S/C12H18N2O2/c1-12(2,3)11(15)14-8-9-5-6-13-10(7-9)16-4/h5-7H,8H2,1-4H3,(H,14,15). The van der Waals surface area contributed by atoms with Crippen LogP contribution in [0.5, 0.6) is 5.88 Å². The average molecular weight is 222 g/mol. The van der Waals surface area contributed by atoms with Crippen molar-refractivity contribution in [1.29, 1.82) is 0 Å². The second kappa shape index (κ2) is 4.96. The van der Waals surface area contributed by atoms with E-state index in [4.69, 9.17) is 4.74 Å². The summed E-state index contributed by atoms with van der Waals surface area (Å²) in [6.07, 6.45) is 1.66. The summed E-state index contributed by atoms with van der Waals surface area (Å²) in [5.74, 6) is 0.589. The van der Waals surface area contributed by atoms with E-state index in [1.54, 1.807) is 13.3 Å². The Morgan fingerprint density at radius 2 is 2.19 bits per heavy atom. The Labute approximate surface area is 96.0 Å². The van der Waals surface area contributed by atoms with Gasteiger partial charge in [0.15, 0.2) is 0 Å². The molecule has 1 aromatic rings. The number of hydrogen-bond donors (Lipinski definition) is 1. The highest BCUT2D eigenvalue weighted by Crippen LogP contribution is 2.13. The third-order valence-corrected chi connectivity index (χ3v) is 2.14. The molecule has 0 aliphatic carbocycles. The summed E-state index contributed by atoms with van der Waals surface area (Å²) >= 11 is 0. The minimum absolute atomic E-state index is 0.0308. The average Bonchev–Trinajstić information content (AvgIpc) is 2.25. The van der Waals surface area contributed by atoms with E-state index >= 15 is 0 Å². The number of nitrogens with zero attached hydrogens (tertiary/aromatic N) is 1. The number of carbonyl (C=O) groups excluding carboxylic acids is 1. The molecule has 0 unspecified atom stereocenters. The smallest absolute Gasteiger partial charge is 0.225 e. The van der Waals surface area contributed by atoms with Gasteiger partial charge in [0, 0.05) is 24.2 Å². The first-order valence-electron chi connectivity index (χ1n) is 5.20. The van der Waals surface area contributed by atoms with Crippen LogP contribution < -0.4 is 10.1 Å². The lowest BCUT2D eigenvalue weighted by Crippen LogP contribution is -2.34. The summed E-state index contributed by atoms with van der Waals surface area (Å²) in [4.78, 5) is 15.6. The first-order valence-corrected chi connectivity index (χ1v) is 5.20. The molecule has 1 heterocycles. The zero-order valence-corrected chi connectivity index (χ0v) is 10.2.